The second kappa shape index (κ2) is 7.61. The standard InChI is InChI=1S/C12H17N3OS.ClH/c1-2-17-11-4-3-10(9-14-11)12(16)15-7-5-13-6-8-15;/h3-4,9,13H,2,5-8H2,1H3;1H. The second-order valence-corrected chi connectivity index (χ2v) is 5.14. The predicted molar refractivity (Wildman–Crippen MR) is 76.7 cm³/mol. The molecular formula is C12H18ClN3OS. The molecule has 0 radical (unpaired) electrons. The molecule has 0 bridgehead atoms. The van der Waals surface area contributed by atoms with E-state index >= 15 is 0 Å². The Balaban J connectivity index is 0.00000162. The fourth-order valence-electron chi connectivity index (χ4n) is 1.79. The van der Waals surface area contributed by atoms with Gasteiger partial charge >= 0.3 is 0 Å². The number of pyridine rings is 1. The fourth-order valence-corrected chi connectivity index (χ4v) is 2.38. The normalized spacial score (nSPS) is 15.1. The summed E-state index contributed by atoms with van der Waals surface area (Å²) in [7, 11) is 0. The minimum atomic E-state index is 0. The molecule has 1 fully saturated rings. The van der Waals surface area contributed by atoms with E-state index in [1.54, 1.807) is 18.0 Å². The third-order valence-electron chi connectivity index (χ3n) is 2.68. The summed E-state index contributed by atoms with van der Waals surface area (Å²) in [6.07, 6.45) is 1.68. The average Bonchev–Trinajstić information content (AvgIpc) is 2.40. The van der Waals surface area contributed by atoms with Gasteiger partial charge in [-0.2, -0.15) is 0 Å². The lowest BCUT2D eigenvalue weighted by Gasteiger charge is -2.27. The molecule has 6 heteroatoms. The number of carbonyl (C=O) groups excluding carboxylic acids is 1. The van der Waals surface area contributed by atoms with Gasteiger partial charge in [-0.05, 0) is 17.9 Å². The van der Waals surface area contributed by atoms with Crippen LogP contribution in [0.4, 0.5) is 0 Å². The Morgan fingerprint density at radius 1 is 1.44 bits per heavy atom. The molecule has 0 atom stereocenters. The summed E-state index contributed by atoms with van der Waals surface area (Å²) >= 11 is 1.69. The molecular weight excluding hydrogens is 270 g/mol. The molecule has 1 aromatic heterocycles. The highest BCUT2D eigenvalue weighted by Gasteiger charge is 2.17. The molecule has 0 saturated carbocycles. The lowest BCUT2D eigenvalue weighted by Crippen LogP contribution is -2.46. The molecule has 0 aliphatic carbocycles. The van der Waals surface area contributed by atoms with Crippen LogP contribution >= 0.6 is 24.2 Å². The van der Waals surface area contributed by atoms with E-state index in [4.69, 9.17) is 0 Å². The molecule has 1 N–H and O–H groups in total. The number of aromatic nitrogens is 1. The topological polar surface area (TPSA) is 45.2 Å². The minimum absolute atomic E-state index is 0. The highest BCUT2D eigenvalue weighted by molar-refractivity contribution is 7.99. The van der Waals surface area contributed by atoms with Crippen LogP contribution < -0.4 is 5.32 Å². The van der Waals surface area contributed by atoms with Crippen molar-refractivity contribution < 1.29 is 4.79 Å². The monoisotopic (exact) mass is 287 g/mol. The summed E-state index contributed by atoms with van der Waals surface area (Å²) in [5.41, 5.74) is 0.687. The summed E-state index contributed by atoms with van der Waals surface area (Å²) in [6.45, 7) is 5.41. The maximum Gasteiger partial charge on any atom is 0.255 e. The number of piperazine rings is 1. The Morgan fingerprint density at radius 3 is 2.72 bits per heavy atom. The fraction of sp³-hybridized carbons (Fsp3) is 0.500. The number of nitrogens with zero attached hydrogens (tertiary/aromatic N) is 2. The Hall–Kier alpha value is -0.780. The number of halogens is 1. The van der Waals surface area contributed by atoms with Crippen LogP contribution in [0, 0.1) is 0 Å². The number of hydrogen-bond acceptors (Lipinski definition) is 4. The van der Waals surface area contributed by atoms with E-state index in [2.05, 4.69) is 17.2 Å². The molecule has 1 saturated heterocycles. The summed E-state index contributed by atoms with van der Waals surface area (Å²) in [5.74, 6) is 1.09. The number of rotatable bonds is 3. The number of carbonyl (C=O) groups is 1. The predicted octanol–water partition coefficient (Wildman–Crippen LogP) is 1.66. The van der Waals surface area contributed by atoms with E-state index in [0.717, 1.165) is 37.0 Å². The zero-order valence-corrected chi connectivity index (χ0v) is 12.0. The highest BCUT2D eigenvalue weighted by atomic mass is 35.5. The first kappa shape index (κ1) is 15.3. The molecule has 0 aromatic carbocycles. The molecule has 1 aliphatic rings. The van der Waals surface area contributed by atoms with Gasteiger partial charge in [0, 0.05) is 32.4 Å². The Labute approximate surface area is 118 Å². The first-order valence-electron chi connectivity index (χ1n) is 5.90. The quantitative estimate of drug-likeness (QED) is 0.859. The van der Waals surface area contributed by atoms with Gasteiger partial charge in [0.15, 0.2) is 0 Å². The van der Waals surface area contributed by atoms with E-state index in [1.807, 2.05) is 17.0 Å². The number of hydrogen-bond donors (Lipinski definition) is 1. The van der Waals surface area contributed by atoms with Crippen molar-refractivity contribution in [1.29, 1.82) is 0 Å². The van der Waals surface area contributed by atoms with Crippen LogP contribution in [-0.2, 0) is 0 Å². The Morgan fingerprint density at radius 2 is 2.17 bits per heavy atom. The van der Waals surface area contributed by atoms with Crippen LogP contribution in [0.15, 0.2) is 23.4 Å². The maximum atomic E-state index is 12.1. The van der Waals surface area contributed by atoms with Crippen molar-refractivity contribution in [2.45, 2.75) is 11.9 Å². The smallest absolute Gasteiger partial charge is 0.255 e. The van der Waals surface area contributed by atoms with E-state index in [-0.39, 0.29) is 18.3 Å². The van der Waals surface area contributed by atoms with Crippen LogP contribution in [0.5, 0.6) is 0 Å². The van der Waals surface area contributed by atoms with Crippen LogP contribution in [0.1, 0.15) is 17.3 Å². The molecule has 18 heavy (non-hydrogen) atoms. The van der Waals surface area contributed by atoms with Gasteiger partial charge in [0.25, 0.3) is 5.91 Å². The first-order chi connectivity index (χ1) is 8.31. The van der Waals surface area contributed by atoms with Crippen LogP contribution in [0.2, 0.25) is 0 Å². The van der Waals surface area contributed by atoms with Crippen molar-refractivity contribution in [1.82, 2.24) is 15.2 Å². The summed E-state index contributed by atoms with van der Waals surface area (Å²) in [4.78, 5) is 18.3. The average molecular weight is 288 g/mol. The zero-order chi connectivity index (χ0) is 12.1. The SMILES string of the molecule is CCSc1ccc(C(=O)N2CCNCC2)cn1.Cl. The van der Waals surface area contributed by atoms with Gasteiger partial charge in [0.1, 0.15) is 0 Å². The third-order valence-corrected chi connectivity index (χ3v) is 3.51. The molecule has 1 aliphatic heterocycles. The van der Waals surface area contributed by atoms with Crippen LogP contribution in [0.3, 0.4) is 0 Å². The van der Waals surface area contributed by atoms with E-state index in [1.165, 1.54) is 0 Å². The van der Waals surface area contributed by atoms with E-state index in [9.17, 15) is 4.79 Å². The lowest BCUT2D eigenvalue weighted by molar-refractivity contribution is 0.0735. The summed E-state index contributed by atoms with van der Waals surface area (Å²) < 4.78 is 0. The molecule has 1 amide bonds. The highest BCUT2D eigenvalue weighted by Crippen LogP contribution is 2.15. The molecule has 0 spiro atoms. The van der Waals surface area contributed by atoms with Gasteiger partial charge in [0.2, 0.25) is 0 Å². The second-order valence-electron chi connectivity index (χ2n) is 3.86. The lowest BCUT2D eigenvalue weighted by atomic mass is 10.2. The largest absolute Gasteiger partial charge is 0.336 e. The van der Waals surface area contributed by atoms with Gasteiger partial charge in [-0.15, -0.1) is 24.2 Å². The molecule has 1 aromatic rings. The van der Waals surface area contributed by atoms with E-state index in [0.29, 0.717) is 5.56 Å². The number of thioether (sulfide) groups is 1. The summed E-state index contributed by atoms with van der Waals surface area (Å²) in [6, 6.07) is 3.79. The Kier molecular flexibility index (Phi) is 6.46. The van der Waals surface area contributed by atoms with Gasteiger partial charge in [0.05, 0.1) is 10.6 Å². The van der Waals surface area contributed by atoms with Crippen LogP contribution in [0.25, 0.3) is 0 Å². The number of amides is 1. The molecule has 0 unspecified atom stereocenters. The Bertz CT molecular complexity index is 379. The number of nitrogens with one attached hydrogen (secondary N) is 1. The van der Waals surface area contributed by atoms with Gasteiger partial charge < -0.3 is 10.2 Å². The maximum absolute atomic E-state index is 12.1. The third kappa shape index (κ3) is 3.86. The van der Waals surface area contributed by atoms with E-state index < -0.39 is 0 Å². The molecule has 100 valence electrons. The van der Waals surface area contributed by atoms with Crippen molar-refractivity contribution in [3.05, 3.63) is 23.9 Å². The molecule has 2 heterocycles. The van der Waals surface area contributed by atoms with Crippen molar-refractivity contribution in [2.24, 2.45) is 0 Å². The van der Waals surface area contributed by atoms with Gasteiger partial charge in [-0.3, -0.25) is 4.79 Å². The molecule has 2 rings (SSSR count). The van der Waals surface area contributed by atoms with Crippen molar-refractivity contribution >= 4 is 30.1 Å². The first-order valence-corrected chi connectivity index (χ1v) is 6.88. The zero-order valence-electron chi connectivity index (χ0n) is 10.4. The van der Waals surface area contributed by atoms with Crippen LogP contribution in [-0.4, -0.2) is 47.7 Å². The van der Waals surface area contributed by atoms with Crippen molar-refractivity contribution in [3.8, 4) is 0 Å². The summed E-state index contributed by atoms with van der Waals surface area (Å²) in [5, 5.41) is 4.21. The minimum Gasteiger partial charge on any atom is -0.336 e. The van der Waals surface area contributed by atoms with Crippen molar-refractivity contribution in [3.63, 3.8) is 0 Å². The van der Waals surface area contributed by atoms with Gasteiger partial charge in [-0.25, -0.2) is 4.98 Å². The van der Waals surface area contributed by atoms with Gasteiger partial charge in [-0.1, -0.05) is 6.92 Å². The van der Waals surface area contributed by atoms with Crippen molar-refractivity contribution in [2.75, 3.05) is 31.9 Å². The molecule has 4 nitrogen and oxygen atoms in total.